The highest BCUT2D eigenvalue weighted by molar-refractivity contribution is 7.85. The molecule has 0 aromatic heterocycles. The molecule has 5 nitrogen and oxygen atoms in total. The largest absolute Gasteiger partial charge is 0.497 e. The number of ether oxygens (including phenoxy) is 2. The van der Waals surface area contributed by atoms with Crippen molar-refractivity contribution in [1.82, 2.24) is 5.32 Å². The Hall–Kier alpha value is -1.11. The van der Waals surface area contributed by atoms with Crippen molar-refractivity contribution < 1.29 is 18.8 Å². The normalized spacial score (nSPS) is 23.5. The Balaban J connectivity index is 1.67. The lowest BCUT2D eigenvalue weighted by molar-refractivity contribution is 0.103. The third kappa shape index (κ3) is 5.65. The zero-order valence-corrected chi connectivity index (χ0v) is 13.1. The molecule has 0 spiro atoms. The summed E-state index contributed by atoms with van der Waals surface area (Å²) in [4.78, 5) is 0. The summed E-state index contributed by atoms with van der Waals surface area (Å²) in [5.41, 5.74) is 0. The van der Waals surface area contributed by atoms with Gasteiger partial charge in [-0.3, -0.25) is 4.21 Å². The van der Waals surface area contributed by atoms with Crippen LogP contribution in [0.4, 0.5) is 0 Å². The van der Waals surface area contributed by atoms with Gasteiger partial charge in [0.05, 0.1) is 7.11 Å². The van der Waals surface area contributed by atoms with Gasteiger partial charge in [-0.05, 0) is 25.0 Å². The van der Waals surface area contributed by atoms with Gasteiger partial charge in [0.25, 0.3) is 0 Å². The Bertz CT molecular complexity index is 459. The minimum atomic E-state index is -0.646. The molecular formula is C15H23NO4S. The highest BCUT2D eigenvalue weighted by Gasteiger charge is 2.18. The van der Waals surface area contributed by atoms with Crippen molar-refractivity contribution in [2.24, 2.45) is 0 Å². The second kappa shape index (κ2) is 8.36. The maximum atomic E-state index is 11.3. The zero-order valence-electron chi connectivity index (χ0n) is 12.3. The van der Waals surface area contributed by atoms with Crippen LogP contribution >= 0.6 is 0 Å². The molecule has 1 aromatic carbocycles. The van der Waals surface area contributed by atoms with Crippen LogP contribution in [-0.4, -0.2) is 53.2 Å². The van der Waals surface area contributed by atoms with Crippen LogP contribution in [0.5, 0.6) is 11.5 Å². The van der Waals surface area contributed by atoms with Crippen molar-refractivity contribution in [3.63, 3.8) is 0 Å². The maximum absolute atomic E-state index is 11.3. The molecule has 2 rings (SSSR count). The van der Waals surface area contributed by atoms with Crippen molar-refractivity contribution in [3.05, 3.63) is 24.3 Å². The third-order valence-corrected chi connectivity index (χ3v) is 4.90. The SMILES string of the molecule is COc1cccc(OCC(O)CNC2CCS(=O)CC2)c1. The van der Waals surface area contributed by atoms with Crippen molar-refractivity contribution >= 4 is 10.8 Å². The van der Waals surface area contributed by atoms with E-state index in [0.717, 1.165) is 30.1 Å². The molecule has 1 heterocycles. The lowest BCUT2D eigenvalue weighted by atomic mass is 10.1. The molecule has 1 aliphatic heterocycles. The molecule has 6 heteroatoms. The summed E-state index contributed by atoms with van der Waals surface area (Å²) in [6.07, 6.45) is 1.26. The monoisotopic (exact) mass is 313 g/mol. The van der Waals surface area contributed by atoms with Crippen LogP contribution in [0.15, 0.2) is 24.3 Å². The first-order chi connectivity index (χ1) is 10.2. The first-order valence-corrected chi connectivity index (χ1v) is 8.69. The summed E-state index contributed by atoms with van der Waals surface area (Å²) >= 11 is 0. The molecule has 0 radical (unpaired) electrons. The van der Waals surface area contributed by atoms with Crippen molar-refractivity contribution in [1.29, 1.82) is 0 Å². The first kappa shape index (κ1) is 16.3. The van der Waals surface area contributed by atoms with Gasteiger partial charge in [-0.25, -0.2) is 0 Å². The van der Waals surface area contributed by atoms with Crippen LogP contribution in [0.1, 0.15) is 12.8 Å². The van der Waals surface area contributed by atoms with Crippen molar-refractivity contribution in [2.45, 2.75) is 25.0 Å². The Morgan fingerprint density at radius 1 is 1.38 bits per heavy atom. The van der Waals surface area contributed by atoms with E-state index in [1.165, 1.54) is 0 Å². The molecule has 2 N–H and O–H groups in total. The van der Waals surface area contributed by atoms with Gasteiger partial charge >= 0.3 is 0 Å². The van der Waals surface area contributed by atoms with Crippen LogP contribution < -0.4 is 14.8 Å². The van der Waals surface area contributed by atoms with E-state index in [4.69, 9.17) is 9.47 Å². The maximum Gasteiger partial charge on any atom is 0.123 e. The standard InChI is InChI=1S/C15H23NO4S/c1-19-14-3-2-4-15(9-14)20-11-13(17)10-16-12-5-7-21(18)8-6-12/h2-4,9,12-13,16-17H,5-8,10-11H2,1H3. The average molecular weight is 313 g/mol. The van der Waals surface area contributed by atoms with Gasteiger partial charge in [0.2, 0.25) is 0 Å². The number of hydrogen-bond donors (Lipinski definition) is 2. The van der Waals surface area contributed by atoms with Crippen LogP contribution in [0.3, 0.4) is 0 Å². The highest BCUT2D eigenvalue weighted by Crippen LogP contribution is 2.18. The fourth-order valence-electron chi connectivity index (χ4n) is 2.24. The van der Waals surface area contributed by atoms with E-state index in [9.17, 15) is 9.32 Å². The average Bonchev–Trinajstić information content (AvgIpc) is 2.52. The van der Waals surface area contributed by atoms with Crippen LogP contribution in [-0.2, 0) is 10.8 Å². The van der Waals surface area contributed by atoms with Crippen LogP contribution in [0, 0.1) is 0 Å². The summed E-state index contributed by atoms with van der Waals surface area (Å²) in [6, 6.07) is 7.67. The minimum Gasteiger partial charge on any atom is -0.497 e. The highest BCUT2D eigenvalue weighted by atomic mass is 32.2. The summed E-state index contributed by atoms with van der Waals surface area (Å²) in [5.74, 6) is 2.93. The molecule has 1 fully saturated rings. The predicted molar refractivity (Wildman–Crippen MR) is 83.4 cm³/mol. The van der Waals surface area contributed by atoms with E-state index in [0.29, 0.717) is 18.3 Å². The van der Waals surface area contributed by atoms with Gasteiger partial charge in [0.1, 0.15) is 24.2 Å². The molecule has 118 valence electrons. The molecule has 1 unspecified atom stereocenters. The Labute approximate surface area is 128 Å². The van der Waals surface area contributed by atoms with Crippen molar-refractivity contribution in [3.8, 4) is 11.5 Å². The zero-order chi connectivity index (χ0) is 15.1. The van der Waals surface area contributed by atoms with E-state index in [1.54, 1.807) is 13.2 Å². The van der Waals surface area contributed by atoms with Crippen molar-refractivity contribution in [2.75, 3.05) is 31.8 Å². The summed E-state index contributed by atoms with van der Waals surface area (Å²) in [7, 11) is 0.960. The van der Waals surface area contributed by atoms with Gasteiger partial charge < -0.3 is 19.9 Å². The number of aliphatic hydroxyl groups is 1. The van der Waals surface area contributed by atoms with E-state index in [2.05, 4.69) is 5.32 Å². The van der Waals surface area contributed by atoms with Crippen LogP contribution in [0.25, 0.3) is 0 Å². The van der Waals surface area contributed by atoms with Gasteiger partial charge in [-0.2, -0.15) is 0 Å². The lowest BCUT2D eigenvalue weighted by Gasteiger charge is -2.24. The molecule has 1 saturated heterocycles. The van der Waals surface area contributed by atoms with Crippen LogP contribution in [0.2, 0.25) is 0 Å². The first-order valence-electron chi connectivity index (χ1n) is 7.20. The third-order valence-electron chi connectivity index (χ3n) is 3.51. The van der Waals surface area contributed by atoms with E-state index >= 15 is 0 Å². The second-order valence-electron chi connectivity index (χ2n) is 5.17. The smallest absolute Gasteiger partial charge is 0.123 e. The molecular weight excluding hydrogens is 290 g/mol. The van der Waals surface area contributed by atoms with Gasteiger partial charge in [-0.1, -0.05) is 6.07 Å². The van der Waals surface area contributed by atoms with E-state index < -0.39 is 16.9 Å². The molecule has 0 amide bonds. The number of benzene rings is 1. The molecule has 0 saturated carbocycles. The molecule has 1 aliphatic rings. The van der Waals surface area contributed by atoms with Gasteiger partial charge in [0.15, 0.2) is 0 Å². The molecule has 21 heavy (non-hydrogen) atoms. The van der Waals surface area contributed by atoms with Gasteiger partial charge in [-0.15, -0.1) is 0 Å². The number of aliphatic hydroxyl groups excluding tert-OH is 1. The molecule has 1 atom stereocenters. The number of nitrogens with one attached hydrogen (secondary N) is 1. The molecule has 0 aliphatic carbocycles. The number of hydrogen-bond acceptors (Lipinski definition) is 5. The summed E-state index contributed by atoms with van der Waals surface area (Å²) in [5, 5.41) is 13.3. The molecule has 1 aromatic rings. The topological polar surface area (TPSA) is 67.8 Å². The predicted octanol–water partition coefficient (Wildman–Crippen LogP) is 0.936. The summed E-state index contributed by atoms with van der Waals surface area (Å²) < 4.78 is 21.9. The second-order valence-corrected chi connectivity index (χ2v) is 6.87. The number of rotatable bonds is 7. The summed E-state index contributed by atoms with van der Waals surface area (Å²) in [6.45, 7) is 0.722. The van der Waals surface area contributed by atoms with Gasteiger partial charge in [0, 0.05) is 41.0 Å². The fraction of sp³-hybridized carbons (Fsp3) is 0.600. The Morgan fingerprint density at radius 3 is 2.81 bits per heavy atom. The minimum absolute atomic E-state index is 0.235. The van der Waals surface area contributed by atoms with E-state index in [1.807, 2.05) is 18.2 Å². The lowest BCUT2D eigenvalue weighted by Crippen LogP contribution is -2.41. The molecule has 0 bridgehead atoms. The number of methoxy groups -OCH3 is 1. The quantitative estimate of drug-likeness (QED) is 0.784. The Morgan fingerprint density at radius 2 is 2.10 bits per heavy atom. The Kier molecular flexibility index (Phi) is 6.48. The fourth-order valence-corrected chi connectivity index (χ4v) is 3.54. The van der Waals surface area contributed by atoms with E-state index in [-0.39, 0.29) is 6.61 Å².